The van der Waals surface area contributed by atoms with E-state index in [2.05, 4.69) is 9.97 Å². The van der Waals surface area contributed by atoms with Gasteiger partial charge in [-0.05, 0) is 19.3 Å². The fraction of sp³-hybridized carbons (Fsp3) is 0.706. The molecule has 2 aliphatic rings. The van der Waals surface area contributed by atoms with Crippen LogP contribution in [0.3, 0.4) is 0 Å². The van der Waals surface area contributed by atoms with Crippen molar-refractivity contribution in [2.75, 3.05) is 26.3 Å². The summed E-state index contributed by atoms with van der Waals surface area (Å²) >= 11 is 0. The minimum Gasteiger partial charge on any atom is -0.379 e. The van der Waals surface area contributed by atoms with Crippen molar-refractivity contribution in [3.63, 3.8) is 0 Å². The first-order chi connectivity index (χ1) is 10.8. The number of aromatic nitrogens is 2. The molecule has 5 nitrogen and oxygen atoms in total. The smallest absolute Gasteiger partial charge is 0.225 e. The second kappa shape index (κ2) is 7.68. The number of nitrogens with zero attached hydrogens (tertiary/aromatic N) is 3. The quantitative estimate of drug-likeness (QED) is 0.858. The van der Waals surface area contributed by atoms with E-state index in [0.29, 0.717) is 25.0 Å². The van der Waals surface area contributed by atoms with Crippen LogP contribution in [0.5, 0.6) is 0 Å². The van der Waals surface area contributed by atoms with Gasteiger partial charge in [-0.3, -0.25) is 14.8 Å². The molecule has 1 atom stereocenters. The Hall–Kier alpha value is -1.49. The van der Waals surface area contributed by atoms with E-state index < -0.39 is 0 Å². The molecule has 22 heavy (non-hydrogen) atoms. The van der Waals surface area contributed by atoms with Crippen LogP contribution in [0.1, 0.15) is 37.8 Å². The fourth-order valence-electron chi connectivity index (χ4n) is 3.54. The Balaban J connectivity index is 1.60. The van der Waals surface area contributed by atoms with Gasteiger partial charge in [-0.25, -0.2) is 0 Å². The molecule has 2 fully saturated rings. The van der Waals surface area contributed by atoms with Crippen LogP contribution in [0.15, 0.2) is 18.6 Å². The minimum atomic E-state index is 0.240. The Morgan fingerprint density at radius 3 is 2.91 bits per heavy atom. The van der Waals surface area contributed by atoms with Crippen molar-refractivity contribution in [1.29, 1.82) is 0 Å². The maximum Gasteiger partial charge on any atom is 0.225 e. The van der Waals surface area contributed by atoms with Crippen LogP contribution >= 0.6 is 0 Å². The van der Waals surface area contributed by atoms with Gasteiger partial charge in [0.05, 0.1) is 18.9 Å². The molecular weight excluding hydrogens is 278 g/mol. The molecule has 1 aliphatic heterocycles. The molecule has 0 bridgehead atoms. The van der Waals surface area contributed by atoms with Crippen LogP contribution in [0.4, 0.5) is 0 Å². The third-order valence-electron chi connectivity index (χ3n) is 4.72. The molecule has 0 spiro atoms. The van der Waals surface area contributed by atoms with E-state index in [1.54, 1.807) is 18.6 Å². The molecule has 0 unspecified atom stereocenters. The van der Waals surface area contributed by atoms with Gasteiger partial charge in [0.15, 0.2) is 0 Å². The van der Waals surface area contributed by atoms with E-state index in [0.717, 1.165) is 38.0 Å². The maximum atomic E-state index is 12.7. The van der Waals surface area contributed by atoms with E-state index in [-0.39, 0.29) is 5.92 Å². The molecule has 2 heterocycles. The van der Waals surface area contributed by atoms with Gasteiger partial charge < -0.3 is 9.64 Å². The van der Waals surface area contributed by atoms with Crippen molar-refractivity contribution >= 4 is 5.91 Å². The number of ether oxygens (including phenoxy) is 1. The molecule has 3 rings (SSSR count). The average Bonchev–Trinajstić information content (AvgIpc) is 2.81. The Bertz CT molecular complexity index is 474. The molecule has 1 aliphatic carbocycles. The molecule has 1 aromatic rings. The number of hydrogen-bond donors (Lipinski definition) is 0. The first-order valence-electron chi connectivity index (χ1n) is 8.44. The van der Waals surface area contributed by atoms with Crippen molar-refractivity contribution in [3.8, 4) is 0 Å². The van der Waals surface area contributed by atoms with Gasteiger partial charge in [0.25, 0.3) is 0 Å². The van der Waals surface area contributed by atoms with Crippen LogP contribution in [0.2, 0.25) is 0 Å². The van der Waals surface area contributed by atoms with Gasteiger partial charge in [0.2, 0.25) is 5.91 Å². The predicted octanol–water partition coefficient (Wildman–Crippen LogP) is 2.07. The van der Waals surface area contributed by atoms with Gasteiger partial charge in [-0.2, -0.15) is 0 Å². The second-order valence-corrected chi connectivity index (χ2v) is 6.46. The number of carbonyl (C=O) groups is 1. The zero-order valence-electron chi connectivity index (χ0n) is 13.1. The Labute approximate surface area is 132 Å². The summed E-state index contributed by atoms with van der Waals surface area (Å²) in [6.45, 7) is 2.86. The molecule has 0 aromatic carbocycles. The molecule has 0 radical (unpaired) electrons. The number of carbonyl (C=O) groups excluding carboxylic acids is 1. The largest absolute Gasteiger partial charge is 0.379 e. The van der Waals surface area contributed by atoms with E-state index in [1.807, 2.05) is 4.90 Å². The lowest BCUT2D eigenvalue weighted by Gasteiger charge is -2.29. The third-order valence-corrected chi connectivity index (χ3v) is 4.72. The summed E-state index contributed by atoms with van der Waals surface area (Å²) in [7, 11) is 0. The Morgan fingerprint density at radius 1 is 1.27 bits per heavy atom. The lowest BCUT2D eigenvalue weighted by Crippen LogP contribution is -2.40. The second-order valence-electron chi connectivity index (χ2n) is 6.46. The minimum absolute atomic E-state index is 0.240. The first-order valence-corrected chi connectivity index (χ1v) is 8.44. The van der Waals surface area contributed by atoms with Crippen molar-refractivity contribution in [3.05, 3.63) is 24.3 Å². The number of rotatable bonds is 3. The van der Waals surface area contributed by atoms with Crippen molar-refractivity contribution in [1.82, 2.24) is 14.9 Å². The highest BCUT2D eigenvalue weighted by Crippen LogP contribution is 2.26. The van der Waals surface area contributed by atoms with Crippen LogP contribution in [-0.4, -0.2) is 47.1 Å². The average molecular weight is 303 g/mol. The van der Waals surface area contributed by atoms with Gasteiger partial charge in [0, 0.05) is 43.5 Å². The summed E-state index contributed by atoms with van der Waals surface area (Å²) in [5.74, 6) is 0.894. The van der Waals surface area contributed by atoms with Gasteiger partial charge >= 0.3 is 0 Å². The third kappa shape index (κ3) is 4.03. The summed E-state index contributed by atoms with van der Waals surface area (Å²) in [4.78, 5) is 23.2. The van der Waals surface area contributed by atoms with Crippen LogP contribution < -0.4 is 0 Å². The van der Waals surface area contributed by atoms with Crippen molar-refractivity contribution < 1.29 is 9.53 Å². The van der Waals surface area contributed by atoms with Crippen LogP contribution in [-0.2, 0) is 16.0 Å². The van der Waals surface area contributed by atoms with Crippen molar-refractivity contribution in [2.24, 2.45) is 11.8 Å². The molecule has 1 aromatic heterocycles. The van der Waals surface area contributed by atoms with E-state index in [9.17, 15) is 4.79 Å². The Kier molecular flexibility index (Phi) is 5.38. The Morgan fingerprint density at radius 2 is 2.14 bits per heavy atom. The standard InChI is InChI=1S/C17H25N3O2/c21-17(15-4-2-1-3-5-15)20-8-9-22-13-14(12-20)10-16-11-18-6-7-19-16/h6-7,11,14-15H,1-5,8-10,12-13H2/t14-/m1/s1. The lowest BCUT2D eigenvalue weighted by molar-refractivity contribution is -0.137. The summed E-state index contributed by atoms with van der Waals surface area (Å²) in [6.07, 6.45) is 11.8. The SMILES string of the molecule is O=C(C1CCCCC1)N1CCOC[C@H](Cc2cnccn2)C1. The molecule has 0 N–H and O–H groups in total. The summed E-state index contributed by atoms with van der Waals surface area (Å²) < 4.78 is 5.70. The van der Waals surface area contributed by atoms with E-state index in [4.69, 9.17) is 4.74 Å². The predicted molar refractivity (Wildman–Crippen MR) is 83.2 cm³/mol. The van der Waals surface area contributed by atoms with Crippen LogP contribution in [0.25, 0.3) is 0 Å². The fourth-order valence-corrected chi connectivity index (χ4v) is 3.54. The molecule has 1 amide bonds. The number of hydrogen-bond acceptors (Lipinski definition) is 4. The summed E-state index contributed by atoms with van der Waals surface area (Å²) in [6, 6.07) is 0. The monoisotopic (exact) mass is 303 g/mol. The maximum absolute atomic E-state index is 12.7. The summed E-state index contributed by atoms with van der Waals surface area (Å²) in [5.41, 5.74) is 0.975. The first kappa shape index (κ1) is 15.4. The normalized spacial score (nSPS) is 24.0. The molecule has 1 saturated carbocycles. The number of amides is 1. The summed E-state index contributed by atoms with van der Waals surface area (Å²) in [5, 5.41) is 0. The molecular formula is C17H25N3O2. The van der Waals surface area contributed by atoms with Gasteiger partial charge in [0.1, 0.15) is 0 Å². The highest BCUT2D eigenvalue weighted by molar-refractivity contribution is 5.79. The van der Waals surface area contributed by atoms with E-state index >= 15 is 0 Å². The zero-order chi connectivity index (χ0) is 15.2. The van der Waals surface area contributed by atoms with Gasteiger partial charge in [-0.1, -0.05) is 19.3 Å². The highest BCUT2D eigenvalue weighted by Gasteiger charge is 2.29. The lowest BCUT2D eigenvalue weighted by atomic mass is 9.88. The molecule has 5 heteroatoms. The highest BCUT2D eigenvalue weighted by atomic mass is 16.5. The topological polar surface area (TPSA) is 55.3 Å². The van der Waals surface area contributed by atoms with E-state index in [1.165, 1.54) is 19.3 Å². The van der Waals surface area contributed by atoms with Crippen LogP contribution in [0, 0.1) is 11.8 Å². The molecule has 1 saturated heterocycles. The molecule has 120 valence electrons. The zero-order valence-corrected chi connectivity index (χ0v) is 13.1. The van der Waals surface area contributed by atoms with Crippen molar-refractivity contribution in [2.45, 2.75) is 38.5 Å². The van der Waals surface area contributed by atoms with Gasteiger partial charge in [-0.15, -0.1) is 0 Å².